The third-order valence-electron chi connectivity index (χ3n) is 3.08. The highest BCUT2D eigenvalue weighted by Gasteiger charge is 2.30. The van der Waals surface area contributed by atoms with Gasteiger partial charge in [-0.25, -0.2) is 9.78 Å². The summed E-state index contributed by atoms with van der Waals surface area (Å²) in [7, 11) is 0. The van der Waals surface area contributed by atoms with E-state index in [1.165, 1.54) is 28.7 Å². The van der Waals surface area contributed by atoms with Gasteiger partial charge in [-0.05, 0) is 12.1 Å². The minimum Gasteiger partial charge on any atom is -0.479 e. The molecule has 7 nitrogen and oxygen atoms in total. The van der Waals surface area contributed by atoms with Crippen molar-refractivity contribution in [3.8, 4) is 10.8 Å². The molecule has 0 saturated carbocycles. The van der Waals surface area contributed by atoms with Gasteiger partial charge < -0.3 is 19.2 Å². The molecule has 2 aromatic rings. The van der Waals surface area contributed by atoms with Crippen LogP contribution < -0.4 is 0 Å². The van der Waals surface area contributed by atoms with Gasteiger partial charge in [-0.3, -0.25) is 4.79 Å². The summed E-state index contributed by atoms with van der Waals surface area (Å²) >= 11 is 1.22. The molecule has 1 atom stereocenters. The summed E-state index contributed by atoms with van der Waals surface area (Å²) < 4.78 is 10.3. The molecule has 2 aromatic heterocycles. The zero-order chi connectivity index (χ0) is 14.8. The van der Waals surface area contributed by atoms with Crippen LogP contribution in [0, 0.1) is 0 Å². The molecule has 3 heterocycles. The molecule has 1 aliphatic rings. The van der Waals surface area contributed by atoms with E-state index in [9.17, 15) is 9.59 Å². The van der Waals surface area contributed by atoms with Gasteiger partial charge in [-0.1, -0.05) is 0 Å². The molecule has 3 rings (SSSR count). The topological polar surface area (TPSA) is 92.9 Å². The lowest BCUT2D eigenvalue weighted by Crippen LogP contribution is -2.48. The molecule has 1 unspecified atom stereocenters. The van der Waals surface area contributed by atoms with Gasteiger partial charge in [0.2, 0.25) is 0 Å². The molecule has 1 aliphatic heterocycles. The van der Waals surface area contributed by atoms with E-state index in [1.807, 2.05) is 0 Å². The van der Waals surface area contributed by atoms with Crippen molar-refractivity contribution in [1.29, 1.82) is 0 Å². The second-order valence-corrected chi connectivity index (χ2v) is 5.49. The zero-order valence-corrected chi connectivity index (χ0v) is 11.7. The summed E-state index contributed by atoms with van der Waals surface area (Å²) in [5.74, 6) is -0.697. The van der Waals surface area contributed by atoms with E-state index in [1.54, 1.807) is 12.1 Å². The van der Waals surface area contributed by atoms with Crippen molar-refractivity contribution < 1.29 is 23.8 Å². The van der Waals surface area contributed by atoms with Gasteiger partial charge in [0.25, 0.3) is 5.91 Å². The molecule has 0 aromatic carbocycles. The van der Waals surface area contributed by atoms with Crippen LogP contribution in [0.25, 0.3) is 10.8 Å². The Balaban J connectivity index is 1.74. The van der Waals surface area contributed by atoms with Crippen molar-refractivity contribution in [3.05, 3.63) is 29.5 Å². The van der Waals surface area contributed by atoms with Crippen LogP contribution in [0.4, 0.5) is 0 Å². The molecular formula is C13H12N2O5S. The van der Waals surface area contributed by atoms with Gasteiger partial charge in [0.1, 0.15) is 4.88 Å². The van der Waals surface area contributed by atoms with E-state index in [0.29, 0.717) is 22.2 Å². The first kappa shape index (κ1) is 13.8. The summed E-state index contributed by atoms with van der Waals surface area (Å²) in [5.41, 5.74) is 0. The lowest BCUT2D eigenvalue weighted by Gasteiger charge is -2.30. The summed E-state index contributed by atoms with van der Waals surface area (Å²) in [6.45, 7) is 0.630. The lowest BCUT2D eigenvalue weighted by molar-refractivity contribution is -0.154. The molecule has 1 N–H and O–H groups in total. The van der Waals surface area contributed by atoms with E-state index in [0.717, 1.165) is 0 Å². The van der Waals surface area contributed by atoms with E-state index in [2.05, 4.69) is 4.98 Å². The summed E-state index contributed by atoms with van der Waals surface area (Å²) in [6, 6.07) is 3.51. The first-order valence-electron chi connectivity index (χ1n) is 6.28. The maximum Gasteiger partial charge on any atom is 0.334 e. The molecule has 21 heavy (non-hydrogen) atoms. The third-order valence-corrected chi connectivity index (χ3v) is 4.08. The molecule has 8 heteroatoms. The summed E-state index contributed by atoms with van der Waals surface area (Å²) in [6.07, 6.45) is 2.05. The molecule has 1 fully saturated rings. The Labute approximate surface area is 123 Å². The van der Waals surface area contributed by atoms with Crippen LogP contribution in [0.1, 0.15) is 9.67 Å². The first-order chi connectivity index (χ1) is 10.1. The Kier molecular flexibility index (Phi) is 3.72. The second kappa shape index (κ2) is 5.66. The van der Waals surface area contributed by atoms with Crippen LogP contribution in [0.2, 0.25) is 0 Å². The molecule has 110 valence electrons. The molecule has 1 amide bonds. The molecule has 1 saturated heterocycles. The quantitative estimate of drug-likeness (QED) is 0.919. The van der Waals surface area contributed by atoms with Gasteiger partial charge in [0.15, 0.2) is 16.9 Å². The van der Waals surface area contributed by atoms with Crippen molar-refractivity contribution in [1.82, 2.24) is 9.88 Å². The van der Waals surface area contributed by atoms with Gasteiger partial charge in [0, 0.05) is 6.54 Å². The highest BCUT2D eigenvalue weighted by molar-refractivity contribution is 7.16. The van der Waals surface area contributed by atoms with Gasteiger partial charge in [-0.15, -0.1) is 11.3 Å². The third kappa shape index (κ3) is 2.81. The normalized spacial score (nSPS) is 18.7. The van der Waals surface area contributed by atoms with Crippen LogP contribution in [-0.4, -0.2) is 52.7 Å². The average molecular weight is 308 g/mol. The van der Waals surface area contributed by atoms with Gasteiger partial charge in [0.05, 0.1) is 25.6 Å². The zero-order valence-electron chi connectivity index (χ0n) is 10.9. The number of carbonyl (C=O) groups excluding carboxylic acids is 1. The maximum atomic E-state index is 12.4. The van der Waals surface area contributed by atoms with Crippen molar-refractivity contribution in [2.45, 2.75) is 6.10 Å². The number of nitrogens with zero attached hydrogens (tertiary/aromatic N) is 2. The summed E-state index contributed by atoms with van der Waals surface area (Å²) in [4.78, 5) is 29.4. The Morgan fingerprint density at radius 2 is 2.33 bits per heavy atom. The highest BCUT2D eigenvalue weighted by atomic mass is 32.1. The Morgan fingerprint density at radius 3 is 3.05 bits per heavy atom. The Hall–Kier alpha value is -2.19. The molecule has 0 radical (unpaired) electrons. The predicted octanol–water partition coefficient (Wildman–Crippen LogP) is 1.33. The number of aliphatic carboxylic acids is 1. The minimum absolute atomic E-state index is 0.0438. The average Bonchev–Trinajstić information content (AvgIpc) is 3.17. The largest absolute Gasteiger partial charge is 0.479 e. The van der Waals surface area contributed by atoms with E-state index >= 15 is 0 Å². The number of aromatic nitrogens is 1. The minimum atomic E-state index is -1.06. The number of hydrogen-bond donors (Lipinski definition) is 1. The van der Waals surface area contributed by atoms with Crippen LogP contribution in [0.15, 0.2) is 29.0 Å². The Morgan fingerprint density at radius 1 is 1.48 bits per heavy atom. The van der Waals surface area contributed by atoms with Gasteiger partial charge in [-0.2, -0.15) is 0 Å². The van der Waals surface area contributed by atoms with Crippen LogP contribution >= 0.6 is 11.3 Å². The number of carboxylic acid groups (broad SMARTS) is 1. The number of ether oxygens (including phenoxy) is 1. The first-order valence-corrected chi connectivity index (χ1v) is 7.10. The smallest absolute Gasteiger partial charge is 0.334 e. The van der Waals surface area contributed by atoms with Crippen LogP contribution in [0.5, 0.6) is 0 Å². The summed E-state index contributed by atoms with van der Waals surface area (Å²) in [5, 5.41) is 9.57. The van der Waals surface area contributed by atoms with E-state index in [4.69, 9.17) is 14.3 Å². The number of hydrogen-bond acceptors (Lipinski definition) is 6. The van der Waals surface area contributed by atoms with Gasteiger partial charge >= 0.3 is 5.97 Å². The monoisotopic (exact) mass is 308 g/mol. The Bertz CT molecular complexity index is 651. The number of carbonyl (C=O) groups is 2. The molecule has 0 aliphatic carbocycles. The van der Waals surface area contributed by atoms with E-state index in [-0.39, 0.29) is 19.1 Å². The van der Waals surface area contributed by atoms with Crippen LogP contribution in [-0.2, 0) is 9.53 Å². The van der Waals surface area contributed by atoms with Crippen molar-refractivity contribution in [3.63, 3.8) is 0 Å². The number of carboxylic acids is 1. The van der Waals surface area contributed by atoms with Crippen LogP contribution in [0.3, 0.4) is 0 Å². The highest BCUT2D eigenvalue weighted by Crippen LogP contribution is 2.26. The number of morpholine rings is 1. The fourth-order valence-corrected chi connectivity index (χ4v) is 2.88. The number of rotatable bonds is 3. The SMILES string of the molecule is O=C(O)C1CN(C(=O)c2cnc(-c3ccco3)s2)CCO1. The maximum absolute atomic E-state index is 12.4. The lowest BCUT2D eigenvalue weighted by atomic mass is 10.2. The second-order valence-electron chi connectivity index (χ2n) is 4.46. The van der Waals surface area contributed by atoms with E-state index < -0.39 is 12.1 Å². The standard InChI is InChI=1S/C13H12N2O5S/c16-12(15-3-5-20-9(7-15)13(17)18)10-6-14-11(21-10)8-2-1-4-19-8/h1-2,4,6,9H,3,5,7H2,(H,17,18). The number of furan rings is 1. The number of amides is 1. The predicted molar refractivity (Wildman–Crippen MR) is 73.1 cm³/mol. The van der Waals surface area contributed by atoms with Crippen molar-refractivity contribution >= 4 is 23.2 Å². The van der Waals surface area contributed by atoms with Crippen molar-refractivity contribution in [2.24, 2.45) is 0 Å². The molecule has 0 bridgehead atoms. The molecular weight excluding hydrogens is 296 g/mol. The fourth-order valence-electron chi connectivity index (χ4n) is 2.03. The molecule has 0 spiro atoms. The van der Waals surface area contributed by atoms with Crippen molar-refractivity contribution in [2.75, 3.05) is 19.7 Å². The fraction of sp³-hybridized carbons (Fsp3) is 0.308. The number of thiazole rings is 1.